The molecular weight excluding hydrogens is 277 g/mol. The summed E-state index contributed by atoms with van der Waals surface area (Å²) in [5, 5.41) is 8.47. The minimum Gasteiger partial charge on any atom is -0.344 e. The lowest BCUT2D eigenvalue weighted by Crippen LogP contribution is -2.46. The van der Waals surface area contributed by atoms with E-state index >= 15 is 0 Å². The largest absolute Gasteiger partial charge is 0.408 e. The normalized spacial score (nSPS) is 19.6. The van der Waals surface area contributed by atoms with E-state index in [9.17, 15) is 22.8 Å². The second kappa shape index (κ2) is 5.51. The molecule has 1 fully saturated rings. The highest BCUT2D eigenvalue weighted by atomic mass is 19.4. The molecule has 0 saturated carbocycles. The maximum Gasteiger partial charge on any atom is 0.408 e. The van der Waals surface area contributed by atoms with E-state index < -0.39 is 24.7 Å². The molecule has 2 rings (SSSR count). The van der Waals surface area contributed by atoms with Gasteiger partial charge in [0.15, 0.2) is 0 Å². The van der Waals surface area contributed by atoms with Crippen molar-refractivity contribution in [3.05, 3.63) is 12.4 Å². The highest BCUT2D eigenvalue weighted by Crippen LogP contribution is 2.18. The number of rotatable bonds is 3. The molecule has 110 valence electrons. The zero-order valence-corrected chi connectivity index (χ0v) is 10.4. The van der Waals surface area contributed by atoms with Crippen LogP contribution in [0.1, 0.15) is 19.3 Å². The van der Waals surface area contributed by atoms with Gasteiger partial charge in [-0.1, -0.05) is 0 Å². The molecule has 1 saturated heterocycles. The molecule has 2 amide bonds. The first-order valence-corrected chi connectivity index (χ1v) is 6.03. The zero-order valence-electron chi connectivity index (χ0n) is 10.4. The summed E-state index contributed by atoms with van der Waals surface area (Å²) in [4.78, 5) is 23.0. The van der Waals surface area contributed by atoms with E-state index in [0.717, 1.165) is 12.4 Å². The second-order valence-corrected chi connectivity index (χ2v) is 4.54. The summed E-state index contributed by atoms with van der Waals surface area (Å²) < 4.78 is 37.1. The van der Waals surface area contributed by atoms with Gasteiger partial charge in [-0.25, -0.2) is 0 Å². The van der Waals surface area contributed by atoms with E-state index in [1.54, 1.807) is 0 Å². The zero-order chi connectivity index (χ0) is 14.8. The average molecular weight is 290 g/mol. The Morgan fingerprint density at radius 2 is 2.30 bits per heavy atom. The molecule has 2 heterocycles. The van der Waals surface area contributed by atoms with Crippen LogP contribution in [-0.2, 0) is 16.1 Å². The minimum atomic E-state index is -4.37. The summed E-state index contributed by atoms with van der Waals surface area (Å²) in [5.74, 6) is -0.659. The Kier molecular flexibility index (Phi) is 3.96. The van der Waals surface area contributed by atoms with Crippen molar-refractivity contribution < 1.29 is 22.8 Å². The molecule has 0 unspecified atom stereocenters. The third kappa shape index (κ3) is 3.97. The lowest BCUT2D eigenvalue weighted by molar-refractivity contribution is -0.142. The third-order valence-electron chi connectivity index (χ3n) is 2.79. The van der Waals surface area contributed by atoms with Gasteiger partial charge in [-0.15, -0.1) is 0 Å². The van der Waals surface area contributed by atoms with Crippen LogP contribution in [0.3, 0.4) is 0 Å². The van der Waals surface area contributed by atoms with Gasteiger partial charge in [0.1, 0.15) is 12.6 Å². The lowest BCUT2D eigenvalue weighted by Gasteiger charge is -2.21. The standard InChI is InChI=1S/C11H13F3N4O2/c12-11(13,14)6-18-5-7(4-15-18)16-10(20)8-2-1-3-9(19)17-8/h4-5,8H,1-3,6H2,(H,16,20)(H,17,19)/t8-/m1/s1. The maximum atomic E-state index is 12.2. The Bertz CT molecular complexity index is 512. The van der Waals surface area contributed by atoms with Gasteiger partial charge in [-0.2, -0.15) is 18.3 Å². The Balaban J connectivity index is 1.93. The van der Waals surface area contributed by atoms with E-state index in [1.807, 2.05) is 0 Å². The van der Waals surface area contributed by atoms with Crippen LogP contribution in [0.5, 0.6) is 0 Å². The molecule has 9 heteroatoms. The van der Waals surface area contributed by atoms with Crippen LogP contribution in [-0.4, -0.2) is 33.8 Å². The molecule has 6 nitrogen and oxygen atoms in total. The van der Waals surface area contributed by atoms with Crippen LogP contribution in [0.4, 0.5) is 18.9 Å². The van der Waals surface area contributed by atoms with Crippen LogP contribution in [0.15, 0.2) is 12.4 Å². The van der Waals surface area contributed by atoms with Gasteiger partial charge < -0.3 is 10.6 Å². The van der Waals surface area contributed by atoms with Crippen molar-refractivity contribution in [2.24, 2.45) is 0 Å². The summed E-state index contributed by atoms with van der Waals surface area (Å²) in [6.07, 6.45) is -0.645. The van der Waals surface area contributed by atoms with Crippen molar-refractivity contribution >= 4 is 17.5 Å². The number of alkyl halides is 3. The Morgan fingerprint density at radius 1 is 1.55 bits per heavy atom. The predicted molar refractivity (Wildman–Crippen MR) is 62.7 cm³/mol. The minimum absolute atomic E-state index is 0.166. The first-order valence-electron chi connectivity index (χ1n) is 6.03. The summed E-state index contributed by atoms with van der Waals surface area (Å²) in [6, 6.07) is -0.651. The number of nitrogens with one attached hydrogen (secondary N) is 2. The monoisotopic (exact) mass is 290 g/mol. The van der Waals surface area contributed by atoms with Crippen molar-refractivity contribution in [1.29, 1.82) is 0 Å². The van der Waals surface area contributed by atoms with Crippen LogP contribution in [0.25, 0.3) is 0 Å². The van der Waals surface area contributed by atoms with Crippen LogP contribution >= 0.6 is 0 Å². The van der Waals surface area contributed by atoms with Crippen molar-refractivity contribution in [2.75, 3.05) is 5.32 Å². The molecular formula is C11H13F3N4O2. The maximum absolute atomic E-state index is 12.2. The van der Waals surface area contributed by atoms with E-state index in [2.05, 4.69) is 15.7 Å². The Hall–Kier alpha value is -2.06. The van der Waals surface area contributed by atoms with Crippen molar-refractivity contribution in [3.8, 4) is 0 Å². The predicted octanol–water partition coefficient (Wildman–Crippen LogP) is 1.05. The fourth-order valence-corrected chi connectivity index (χ4v) is 1.93. The SMILES string of the molecule is O=C1CCC[C@H](C(=O)Nc2cnn(CC(F)(F)F)c2)N1. The number of carbonyl (C=O) groups excluding carboxylic acids is 2. The second-order valence-electron chi connectivity index (χ2n) is 4.54. The fourth-order valence-electron chi connectivity index (χ4n) is 1.93. The fraction of sp³-hybridized carbons (Fsp3) is 0.545. The van der Waals surface area contributed by atoms with E-state index in [-0.39, 0.29) is 11.6 Å². The molecule has 20 heavy (non-hydrogen) atoms. The number of piperidine rings is 1. The number of hydrogen-bond acceptors (Lipinski definition) is 3. The van der Waals surface area contributed by atoms with E-state index in [0.29, 0.717) is 23.9 Å². The summed E-state index contributed by atoms with van der Waals surface area (Å²) in [7, 11) is 0. The van der Waals surface area contributed by atoms with Crippen LogP contribution in [0, 0.1) is 0 Å². The van der Waals surface area contributed by atoms with Crippen LogP contribution in [0.2, 0.25) is 0 Å². The third-order valence-corrected chi connectivity index (χ3v) is 2.79. The van der Waals surface area contributed by atoms with Crippen molar-refractivity contribution in [1.82, 2.24) is 15.1 Å². The highest BCUT2D eigenvalue weighted by molar-refractivity contribution is 5.97. The smallest absolute Gasteiger partial charge is 0.344 e. The quantitative estimate of drug-likeness (QED) is 0.873. The first kappa shape index (κ1) is 14.4. The van der Waals surface area contributed by atoms with Gasteiger partial charge in [-0.05, 0) is 12.8 Å². The number of anilines is 1. The number of hydrogen-bond donors (Lipinski definition) is 2. The molecule has 0 spiro atoms. The molecule has 0 bridgehead atoms. The van der Waals surface area contributed by atoms with Crippen LogP contribution < -0.4 is 10.6 Å². The lowest BCUT2D eigenvalue weighted by atomic mass is 10.0. The van der Waals surface area contributed by atoms with Gasteiger partial charge >= 0.3 is 6.18 Å². The average Bonchev–Trinajstić information content (AvgIpc) is 2.74. The molecule has 1 aromatic rings. The molecule has 0 aliphatic carbocycles. The number of carbonyl (C=O) groups is 2. The molecule has 1 aliphatic rings. The molecule has 1 aliphatic heterocycles. The van der Waals surface area contributed by atoms with Crippen molar-refractivity contribution in [2.45, 2.75) is 38.0 Å². The molecule has 0 aromatic carbocycles. The highest BCUT2D eigenvalue weighted by Gasteiger charge is 2.29. The number of amides is 2. The number of halogens is 3. The van der Waals surface area contributed by atoms with Gasteiger partial charge in [0.2, 0.25) is 11.8 Å². The Labute approximate surface area is 112 Å². The van der Waals surface area contributed by atoms with Crippen molar-refractivity contribution in [3.63, 3.8) is 0 Å². The van der Waals surface area contributed by atoms with Gasteiger partial charge in [0.25, 0.3) is 0 Å². The Morgan fingerprint density at radius 3 is 2.95 bits per heavy atom. The first-order chi connectivity index (χ1) is 9.33. The summed E-state index contributed by atoms with van der Waals surface area (Å²) in [5.41, 5.74) is 0.166. The molecule has 2 N–H and O–H groups in total. The summed E-state index contributed by atoms with van der Waals surface area (Å²) in [6.45, 7) is -1.22. The van der Waals surface area contributed by atoms with E-state index in [1.165, 1.54) is 0 Å². The van der Waals surface area contributed by atoms with Gasteiger partial charge in [0, 0.05) is 12.6 Å². The summed E-state index contributed by atoms with van der Waals surface area (Å²) >= 11 is 0. The molecule has 1 atom stereocenters. The van der Waals surface area contributed by atoms with Gasteiger partial charge in [-0.3, -0.25) is 14.3 Å². The topological polar surface area (TPSA) is 76.0 Å². The number of aromatic nitrogens is 2. The molecule has 1 aromatic heterocycles. The molecule has 0 radical (unpaired) electrons. The number of nitrogens with zero attached hydrogens (tertiary/aromatic N) is 2. The van der Waals surface area contributed by atoms with Gasteiger partial charge in [0.05, 0.1) is 11.9 Å². The van der Waals surface area contributed by atoms with E-state index in [4.69, 9.17) is 0 Å².